The van der Waals surface area contributed by atoms with Crippen molar-refractivity contribution in [1.29, 1.82) is 0 Å². The normalized spacial score (nSPS) is 11.3. The third-order valence-corrected chi connectivity index (χ3v) is 6.54. The fourth-order valence-electron chi connectivity index (χ4n) is 2.72. The van der Waals surface area contributed by atoms with Crippen molar-refractivity contribution < 1.29 is 17.9 Å². The molecule has 3 rings (SSSR count). The second-order valence-electron chi connectivity index (χ2n) is 6.87. The van der Waals surface area contributed by atoms with Crippen LogP contribution < -0.4 is 10.1 Å². The molecule has 0 saturated heterocycles. The van der Waals surface area contributed by atoms with E-state index in [1.807, 2.05) is 42.5 Å². The summed E-state index contributed by atoms with van der Waals surface area (Å²) in [7, 11) is -3.32. The van der Waals surface area contributed by atoms with E-state index in [1.54, 1.807) is 50.2 Å². The Labute approximate surface area is 171 Å². The van der Waals surface area contributed by atoms with Gasteiger partial charge in [0.2, 0.25) is 5.91 Å². The Morgan fingerprint density at radius 1 is 0.897 bits per heavy atom. The predicted molar refractivity (Wildman–Crippen MR) is 114 cm³/mol. The zero-order chi connectivity index (χ0) is 20.9. The monoisotopic (exact) mass is 409 g/mol. The van der Waals surface area contributed by atoms with Crippen LogP contribution in [0.3, 0.4) is 0 Å². The molecule has 0 fully saturated rings. The molecule has 0 atom stereocenters. The first-order valence-corrected chi connectivity index (χ1v) is 10.9. The molecular weight excluding hydrogens is 386 g/mol. The maximum absolute atomic E-state index is 12.5. The number of anilines is 1. The van der Waals surface area contributed by atoms with Gasteiger partial charge < -0.3 is 10.1 Å². The number of nitrogens with one attached hydrogen (secondary N) is 1. The van der Waals surface area contributed by atoms with E-state index in [9.17, 15) is 13.2 Å². The highest BCUT2D eigenvalue weighted by molar-refractivity contribution is 7.92. The van der Waals surface area contributed by atoms with Crippen LogP contribution in [0.15, 0.2) is 83.8 Å². The van der Waals surface area contributed by atoms with Crippen molar-refractivity contribution in [1.82, 2.24) is 0 Å². The molecule has 5 nitrogen and oxygen atoms in total. The molecule has 0 radical (unpaired) electrons. The molecule has 0 saturated carbocycles. The van der Waals surface area contributed by atoms with Gasteiger partial charge in [-0.2, -0.15) is 0 Å². The van der Waals surface area contributed by atoms with Crippen LogP contribution in [0.2, 0.25) is 0 Å². The third kappa shape index (κ3) is 5.23. The molecule has 0 aliphatic rings. The standard InChI is InChI=1S/C23H23NO4S/c1-17(2)29(26,27)20-14-12-18(13-15-20)16-23(25)24-21-10-6-7-11-22(21)28-19-8-4-3-5-9-19/h3-15,17H,16H2,1-2H3,(H,24,25). The topological polar surface area (TPSA) is 72.5 Å². The van der Waals surface area contributed by atoms with Crippen LogP contribution in [0.25, 0.3) is 0 Å². The van der Waals surface area contributed by atoms with Crippen molar-refractivity contribution in [3.8, 4) is 11.5 Å². The molecule has 3 aromatic carbocycles. The van der Waals surface area contributed by atoms with Crippen molar-refractivity contribution in [3.63, 3.8) is 0 Å². The number of hydrogen-bond acceptors (Lipinski definition) is 4. The van der Waals surface area contributed by atoms with Gasteiger partial charge in [0.25, 0.3) is 0 Å². The smallest absolute Gasteiger partial charge is 0.228 e. The summed E-state index contributed by atoms with van der Waals surface area (Å²) in [6.45, 7) is 3.29. The summed E-state index contributed by atoms with van der Waals surface area (Å²) >= 11 is 0. The highest BCUT2D eigenvalue weighted by Crippen LogP contribution is 2.29. The first-order valence-electron chi connectivity index (χ1n) is 9.31. The van der Waals surface area contributed by atoms with Gasteiger partial charge in [0, 0.05) is 0 Å². The van der Waals surface area contributed by atoms with Crippen LogP contribution in [-0.2, 0) is 21.1 Å². The summed E-state index contributed by atoms with van der Waals surface area (Å²) in [4.78, 5) is 12.8. The van der Waals surface area contributed by atoms with Crippen molar-refractivity contribution in [2.75, 3.05) is 5.32 Å². The average Bonchev–Trinajstić information content (AvgIpc) is 2.70. The van der Waals surface area contributed by atoms with Gasteiger partial charge in [-0.05, 0) is 55.8 Å². The van der Waals surface area contributed by atoms with E-state index in [-0.39, 0.29) is 17.2 Å². The second-order valence-corrected chi connectivity index (χ2v) is 9.38. The number of ether oxygens (including phenoxy) is 1. The summed E-state index contributed by atoms with van der Waals surface area (Å²) in [5.74, 6) is 1.01. The van der Waals surface area contributed by atoms with E-state index in [1.165, 1.54) is 0 Å². The van der Waals surface area contributed by atoms with Crippen molar-refractivity contribution >= 4 is 21.4 Å². The molecule has 0 unspecified atom stereocenters. The largest absolute Gasteiger partial charge is 0.455 e. The molecule has 0 bridgehead atoms. The van der Waals surface area contributed by atoms with Crippen LogP contribution in [0.4, 0.5) is 5.69 Å². The number of amides is 1. The molecule has 1 N–H and O–H groups in total. The Hall–Kier alpha value is -3.12. The molecule has 29 heavy (non-hydrogen) atoms. The Kier molecular flexibility index (Phi) is 6.34. The van der Waals surface area contributed by atoms with Gasteiger partial charge in [0.1, 0.15) is 5.75 Å². The number of sulfone groups is 1. The molecule has 0 aliphatic heterocycles. The first kappa shape index (κ1) is 20.6. The number of rotatable bonds is 7. The maximum atomic E-state index is 12.5. The summed E-state index contributed by atoms with van der Waals surface area (Å²) in [6.07, 6.45) is 0.127. The zero-order valence-electron chi connectivity index (χ0n) is 16.3. The molecule has 0 heterocycles. The molecule has 150 valence electrons. The summed E-state index contributed by atoms with van der Waals surface area (Å²) < 4.78 is 30.3. The molecule has 1 amide bonds. The van der Waals surface area contributed by atoms with E-state index in [2.05, 4.69) is 5.32 Å². The quantitative estimate of drug-likeness (QED) is 0.606. The summed E-state index contributed by atoms with van der Waals surface area (Å²) in [6, 6.07) is 23.0. The SMILES string of the molecule is CC(C)S(=O)(=O)c1ccc(CC(=O)Nc2ccccc2Oc2ccccc2)cc1. The fourth-order valence-corrected chi connectivity index (χ4v) is 3.78. The summed E-state index contributed by atoms with van der Waals surface area (Å²) in [5, 5.41) is 2.37. The number of carbonyl (C=O) groups excluding carboxylic acids is 1. The van der Waals surface area contributed by atoms with Crippen LogP contribution >= 0.6 is 0 Å². The van der Waals surface area contributed by atoms with Crippen LogP contribution in [0.5, 0.6) is 11.5 Å². The number of hydrogen-bond donors (Lipinski definition) is 1. The number of para-hydroxylation sites is 3. The van der Waals surface area contributed by atoms with E-state index in [0.717, 1.165) is 5.56 Å². The highest BCUT2D eigenvalue weighted by atomic mass is 32.2. The lowest BCUT2D eigenvalue weighted by Crippen LogP contribution is -2.16. The van der Waals surface area contributed by atoms with E-state index < -0.39 is 15.1 Å². The van der Waals surface area contributed by atoms with Gasteiger partial charge in [0.15, 0.2) is 15.6 Å². The van der Waals surface area contributed by atoms with E-state index in [4.69, 9.17) is 4.74 Å². The Bertz CT molecular complexity index is 1080. The van der Waals surface area contributed by atoms with Crippen molar-refractivity contribution in [2.45, 2.75) is 30.4 Å². The van der Waals surface area contributed by atoms with Gasteiger partial charge >= 0.3 is 0 Å². The lowest BCUT2D eigenvalue weighted by atomic mass is 10.1. The minimum Gasteiger partial charge on any atom is -0.455 e. The third-order valence-electron chi connectivity index (χ3n) is 4.37. The Balaban J connectivity index is 1.69. The molecule has 3 aromatic rings. The van der Waals surface area contributed by atoms with Gasteiger partial charge in [0.05, 0.1) is 22.3 Å². The average molecular weight is 410 g/mol. The lowest BCUT2D eigenvalue weighted by molar-refractivity contribution is -0.115. The molecule has 0 spiro atoms. The molecular formula is C23H23NO4S. The fraction of sp³-hybridized carbons (Fsp3) is 0.174. The minimum absolute atomic E-state index is 0.127. The van der Waals surface area contributed by atoms with Crippen LogP contribution in [0, 0.1) is 0 Å². The van der Waals surface area contributed by atoms with E-state index >= 15 is 0 Å². The number of carbonyl (C=O) groups is 1. The second kappa shape index (κ2) is 8.92. The Morgan fingerprint density at radius 3 is 2.17 bits per heavy atom. The molecule has 6 heteroatoms. The van der Waals surface area contributed by atoms with Gasteiger partial charge in [-0.25, -0.2) is 8.42 Å². The van der Waals surface area contributed by atoms with Crippen molar-refractivity contribution in [2.24, 2.45) is 0 Å². The van der Waals surface area contributed by atoms with Crippen LogP contribution in [0.1, 0.15) is 19.4 Å². The highest BCUT2D eigenvalue weighted by Gasteiger charge is 2.19. The Morgan fingerprint density at radius 2 is 1.52 bits per heavy atom. The number of benzene rings is 3. The van der Waals surface area contributed by atoms with Gasteiger partial charge in [-0.15, -0.1) is 0 Å². The molecule has 0 aliphatic carbocycles. The van der Waals surface area contributed by atoms with Crippen molar-refractivity contribution in [3.05, 3.63) is 84.4 Å². The summed E-state index contributed by atoms with van der Waals surface area (Å²) in [5.41, 5.74) is 1.30. The van der Waals surface area contributed by atoms with Gasteiger partial charge in [-0.1, -0.05) is 42.5 Å². The zero-order valence-corrected chi connectivity index (χ0v) is 17.1. The predicted octanol–water partition coefficient (Wildman–Crippen LogP) is 4.84. The van der Waals surface area contributed by atoms with Gasteiger partial charge in [-0.3, -0.25) is 4.79 Å². The maximum Gasteiger partial charge on any atom is 0.228 e. The molecule has 0 aromatic heterocycles. The first-order chi connectivity index (χ1) is 13.9. The lowest BCUT2D eigenvalue weighted by Gasteiger charge is -2.12. The van der Waals surface area contributed by atoms with Crippen LogP contribution in [-0.4, -0.2) is 19.6 Å². The van der Waals surface area contributed by atoms with E-state index in [0.29, 0.717) is 17.2 Å². The minimum atomic E-state index is -3.32.